The van der Waals surface area contributed by atoms with Crippen molar-refractivity contribution in [2.24, 2.45) is 5.41 Å². The van der Waals surface area contributed by atoms with Crippen LogP contribution in [0, 0.1) is 5.41 Å². The predicted octanol–water partition coefficient (Wildman–Crippen LogP) is 0.838. The molecule has 33 heavy (non-hydrogen) atoms. The number of β-lactam (4-membered cyclic amide) rings is 1. The zero-order valence-electron chi connectivity index (χ0n) is 18.1. The molecule has 1 fully saturated rings. The third kappa shape index (κ3) is 4.93. The maximum Gasteiger partial charge on any atom is 0.358 e. The largest absolute Gasteiger partial charge is 0.427 e. The van der Waals surface area contributed by atoms with Crippen molar-refractivity contribution in [2.75, 3.05) is 18.3 Å². The quantitative estimate of drug-likeness (QED) is 0.183. The number of nitrogens with one attached hydrogen (secondary N) is 1. The van der Waals surface area contributed by atoms with E-state index >= 15 is 0 Å². The number of carbonyl (C=O) groups is 5. The summed E-state index contributed by atoms with van der Waals surface area (Å²) in [4.78, 5) is 66.8. The fourth-order valence-electron chi connectivity index (χ4n) is 2.93. The van der Waals surface area contributed by atoms with Gasteiger partial charge >= 0.3 is 11.9 Å². The Balaban J connectivity index is 1.67. The number of ketones is 1. The van der Waals surface area contributed by atoms with Gasteiger partial charge < -0.3 is 20.5 Å². The monoisotopic (exact) mass is 494 g/mol. The van der Waals surface area contributed by atoms with Crippen molar-refractivity contribution >= 4 is 57.8 Å². The van der Waals surface area contributed by atoms with E-state index in [1.54, 1.807) is 20.8 Å². The highest BCUT2D eigenvalue weighted by Gasteiger charge is 2.54. The van der Waals surface area contributed by atoms with Gasteiger partial charge in [-0.05, 0) is 26.3 Å². The number of ether oxygens (including phenoxy) is 2. The number of aromatic nitrogens is 1. The number of allylic oxidation sites excluding steroid dienone is 1. The topological polar surface area (TPSA) is 158 Å². The Bertz CT molecular complexity index is 1070. The smallest absolute Gasteiger partial charge is 0.358 e. The molecule has 3 heterocycles. The first-order valence-electron chi connectivity index (χ1n) is 9.66. The Labute approximate surface area is 197 Å². The molecule has 1 aromatic heterocycles. The minimum absolute atomic E-state index is 0.0466. The van der Waals surface area contributed by atoms with E-state index in [9.17, 15) is 24.0 Å². The molecule has 2 atom stereocenters. The van der Waals surface area contributed by atoms with E-state index in [1.165, 1.54) is 28.1 Å². The number of Topliss-reactive ketones (excluding diaryl/α,β-unsaturated/α-hetero) is 1. The third-order valence-electron chi connectivity index (χ3n) is 4.68. The highest BCUT2D eigenvalue weighted by Crippen LogP contribution is 2.41. The van der Waals surface area contributed by atoms with Gasteiger partial charge in [0.15, 0.2) is 5.13 Å². The first-order chi connectivity index (χ1) is 15.5. The Morgan fingerprint density at radius 3 is 2.61 bits per heavy atom. The number of thioether (sulfide) groups is 1. The first-order valence-corrected chi connectivity index (χ1v) is 11.6. The number of esters is 2. The molecule has 0 unspecified atom stereocenters. The van der Waals surface area contributed by atoms with Crippen LogP contribution in [0.3, 0.4) is 0 Å². The molecule has 1 aromatic rings. The highest BCUT2D eigenvalue weighted by molar-refractivity contribution is 8.00. The molecule has 176 valence electrons. The van der Waals surface area contributed by atoms with E-state index in [2.05, 4.69) is 16.9 Å². The molecule has 1 saturated heterocycles. The summed E-state index contributed by atoms with van der Waals surface area (Å²) in [5.74, 6) is -3.63. The number of hydrogen-bond acceptors (Lipinski definition) is 11. The van der Waals surface area contributed by atoms with Crippen LogP contribution >= 0.6 is 23.1 Å². The van der Waals surface area contributed by atoms with Gasteiger partial charge in [-0.25, -0.2) is 9.78 Å². The van der Waals surface area contributed by atoms with Crippen molar-refractivity contribution < 1.29 is 33.4 Å². The molecular weight excluding hydrogens is 472 g/mol. The normalized spacial score (nSPS) is 19.8. The highest BCUT2D eigenvalue weighted by atomic mass is 32.2. The fourth-order valence-corrected chi connectivity index (χ4v) is 4.81. The van der Waals surface area contributed by atoms with Crippen LogP contribution in [0.15, 0.2) is 29.3 Å². The Morgan fingerprint density at radius 1 is 1.33 bits per heavy atom. The Hall–Kier alpha value is -3.19. The number of carbonyl (C=O) groups excluding carboxylic acids is 5. The molecule has 0 aromatic carbocycles. The maximum absolute atomic E-state index is 12.8. The van der Waals surface area contributed by atoms with Gasteiger partial charge in [-0.15, -0.1) is 23.1 Å². The van der Waals surface area contributed by atoms with Crippen LogP contribution in [0.4, 0.5) is 5.13 Å². The number of hydrogen-bond donors (Lipinski definition) is 2. The lowest BCUT2D eigenvalue weighted by Crippen LogP contribution is -2.71. The number of nitrogens with zero attached hydrogens (tertiary/aromatic N) is 2. The number of thiazole rings is 1. The van der Waals surface area contributed by atoms with Gasteiger partial charge in [0, 0.05) is 11.1 Å². The molecule has 0 spiro atoms. The molecule has 3 rings (SSSR count). The minimum Gasteiger partial charge on any atom is -0.427 e. The van der Waals surface area contributed by atoms with Crippen molar-refractivity contribution in [2.45, 2.75) is 32.2 Å². The molecule has 11 nitrogen and oxygen atoms in total. The standard InChI is InChI=1S/C20H22N4O7S2/c1-5-9-6-32-16-11(23-14(26)13(25)10-7-33-19(21)22-10)15(27)24(16)12(9)17(28)30-8-31-18(29)20(2,3)4/h5,7,11,16H,1,6,8H2,2-4H3,(H2,21,22)(H,23,26)/t11-,16-/m1/s1. The Morgan fingerprint density at radius 2 is 2.03 bits per heavy atom. The second kappa shape index (κ2) is 9.35. The summed E-state index contributed by atoms with van der Waals surface area (Å²) in [5.41, 5.74) is 5.00. The van der Waals surface area contributed by atoms with Crippen LogP contribution in [0.5, 0.6) is 0 Å². The number of rotatable bonds is 7. The van der Waals surface area contributed by atoms with Gasteiger partial charge in [0.25, 0.3) is 17.6 Å². The van der Waals surface area contributed by atoms with Crippen molar-refractivity contribution in [3.8, 4) is 0 Å². The van der Waals surface area contributed by atoms with Gasteiger partial charge in [-0.3, -0.25) is 24.1 Å². The van der Waals surface area contributed by atoms with Gasteiger partial charge in [0.2, 0.25) is 6.79 Å². The number of fused-ring (bicyclic) bond motifs is 1. The van der Waals surface area contributed by atoms with Crippen molar-refractivity contribution in [1.29, 1.82) is 0 Å². The van der Waals surface area contributed by atoms with E-state index < -0.39 is 53.2 Å². The summed E-state index contributed by atoms with van der Waals surface area (Å²) >= 11 is 2.30. The van der Waals surface area contributed by atoms with Crippen LogP contribution in [-0.4, -0.2) is 63.4 Å². The van der Waals surface area contributed by atoms with Crippen LogP contribution < -0.4 is 11.1 Å². The second-order valence-electron chi connectivity index (χ2n) is 8.07. The number of nitrogen functional groups attached to an aromatic ring is 1. The van der Waals surface area contributed by atoms with Crippen molar-refractivity contribution in [3.05, 3.63) is 35.0 Å². The summed E-state index contributed by atoms with van der Waals surface area (Å²) in [5, 5.41) is 3.25. The first kappa shape index (κ1) is 24.5. The second-order valence-corrected chi connectivity index (χ2v) is 10.1. The summed E-state index contributed by atoms with van der Waals surface area (Å²) in [6.07, 6.45) is 1.43. The lowest BCUT2D eigenvalue weighted by Gasteiger charge is -2.49. The number of nitrogens with two attached hydrogens (primary N) is 1. The van der Waals surface area contributed by atoms with E-state index in [1.807, 2.05) is 0 Å². The summed E-state index contributed by atoms with van der Waals surface area (Å²) in [6.45, 7) is 8.00. The molecule has 0 saturated carbocycles. The molecular formula is C20H22N4O7S2. The lowest BCUT2D eigenvalue weighted by molar-refractivity contribution is -0.173. The van der Waals surface area contributed by atoms with Crippen LogP contribution in [-0.2, 0) is 28.7 Å². The summed E-state index contributed by atoms with van der Waals surface area (Å²) in [7, 11) is 0. The molecule has 0 aliphatic carbocycles. The minimum atomic E-state index is -1.02. The van der Waals surface area contributed by atoms with Crippen LogP contribution in [0.2, 0.25) is 0 Å². The molecule has 0 bridgehead atoms. The third-order valence-corrected chi connectivity index (χ3v) is 6.65. The van der Waals surface area contributed by atoms with Gasteiger partial charge in [-0.2, -0.15) is 0 Å². The van der Waals surface area contributed by atoms with E-state index in [0.29, 0.717) is 11.3 Å². The number of amides is 2. The average Bonchev–Trinajstić information content (AvgIpc) is 3.20. The SMILES string of the molecule is C=CC1=C(C(=O)OCOC(=O)C(C)(C)C)N2C(=O)[C@@H](NC(=O)C(=O)c3csc(N)n3)[C@H]2SC1. The van der Waals surface area contributed by atoms with Crippen molar-refractivity contribution in [1.82, 2.24) is 15.2 Å². The number of anilines is 1. The van der Waals surface area contributed by atoms with Crippen LogP contribution in [0.1, 0.15) is 31.3 Å². The summed E-state index contributed by atoms with van der Waals surface area (Å²) < 4.78 is 9.98. The maximum atomic E-state index is 12.8. The molecule has 2 aliphatic heterocycles. The molecule has 3 N–H and O–H groups in total. The van der Waals surface area contributed by atoms with E-state index in [0.717, 1.165) is 11.3 Å². The molecule has 13 heteroatoms. The van der Waals surface area contributed by atoms with Gasteiger partial charge in [0.1, 0.15) is 22.8 Å². The molecule has 0 radical (unpaired) electrons. The molecule has 2 aliphatic rings. The van der Waals surface area contributed by atoms with Crippen LogP contribution in [0.25, 0.3) is 0 Å². The predicted molar refractivity (Wildman–Crippen MR) is 120 cm³/mol. The van der Waals surface area contributed by atoms with Gasteiger partial charge in [0.05, 0.1) is 5.41 Å². The fraction of sp³-hybridized carbons (Fsp3) is 0.400. The average molecular weight is 495 g/mol. The van der Waals surface area contributed by atoms with E-state index in [4.69, 9.17) is 15.2 Å². The lowest BCUT2D eigenvalue weighted by atomic mass is 9.98. The zero-order valence-corrected chi connectivity index (χ0v) is 19.7. The molecule has 2 amide bonds. The van der Waals surface area contributed by atoms with E-state index in [-0.39, 0.29) is 16.5 Å². The Kier molecular flexibility index (Phi) is 6.93. The van der Waals surface area contributed by atoms with Gasteiger partial charge in [-0.1, -0.05) is 12.7 Å². The van der Waals surface area contributed by atoms with Crippen molar-refractivity contribution in [3.63, 3.8) is 0 Å². The zero-order chi connectivity index (χ0) is 24.5. The summed E-state index contributed by atoms with van der Waals surface area (Å²) in [6, 6.07) is -1.02.